The van der Waals surface area contributed by atoms with Crippen molar-refractivity contribution in [1.29, 1.82) is 0 Å². The molecule has 0 bridgehead atoms. The van der Waals surface area contributed by atoms with E-state index in [2.05, 4.69) is 18.7 Å². The lowest BCUT2D eigenvalue weighted by Crippen LogP contribution is -2.38. The molecule has 0 aliphatic rings. The van der Waals surface area contributed by atoms with Crippen LogP contribution in [-0.4, -0.2) is 43.8 Å². The Bertz CT molecular complexity index is 744. The van der Waals surface area contributed by atoms with Crippen LogP contribution in [0.25, 0.3) is 0 Å². The van der Waals surface area contributed by atoms with Crippen LogP contribution in [0.5, 0.6) is 0 Å². The predicted molar refractivity (Wildman–Crippen MR) is 102 cm³/mol. The zero-order valence-electron chi connectivity index (χ0n) is 14.7. The van der Waals surface area contributed by atoms with E-state index in [9.17, 15) is 12.8 Å². The van der Waals surface area contributed by atoms with Gasteiger partial charge in [-0.05, 0) is 42.2 Å². The summed E-state index contributed by atoms with van der Waals surface area (Å²) in [6.07, 6.45) is 0. The van der Waals surface area contributed by atoms with Gasteiger partial charge in [-0.1, -0.05) is 32.0 Å². The number of likely N-dealkylation sites (N-methyl/N-ethyl adjacent to an activating group) is 1. The van der Waals surface area contributed by atoms with E-state index in [0.29, 0.717) is 25.2 Å². The van der Waals surface area contributed by atoms with E-state index in [1.54, 1.807) is 23.5 Å². The average Bonchev–Trinajstić information content (AvgIpc) is 3.07. The van der Waals surface area contributed by atoms with E-state index in [1.807, 2.05) is 17.5 Å². The molecule has 0 atom stereocenters. The summed E-state index contributed by atoms with van der Waals surface area (Å²) in [4.78, 5) is 3.20. The molecule has 0 aliphatic heterocycles. The number of thiophene rings is 1. The minimum Gasteiger partial charge on any atom is -0.303 e. The quantitative estimate of drug-likeness (QED) is 0.629. The van der Waals surface area contributed by atoms with Crippen molar-refractivity contribution in [2.24, 2.45) is 0 Å². The minimum absolute atomic E-state index is 0.186. The second-order valence-corrected chi connectivity index (χ2v) is 8.83. The number of hydrogen-bond acceptors (Lipinski definition) is 4. The Labute approximate surface area is 153 Å². The standard InChI is InChI=1S/C18H25FN2O2S2/c1-3-20(4-2)10-11-21(14-18-9-6-12-24-18)25(22,23)15-16-7-5-8-17(19)13-16/h5-9,12-13H,3-4,10-11,14-15H2,1-2H3. The predicted octanol–water partition coefficient (Wildman–Crippen LogP) is 3.56. The molecule has 2 aromatic rings. The molecular formula is C18H25FN2O2S2. The maximum Gasteiger partial charge on any atom is 0.218 e. The largest absolute Gasteiger partial charge is 0.303 e. The SMILES string of the molecule is CCN(CC)CCN(Cc1cccs1)S(=O)(=O)Cc1cccc(F)c1. The Hall–Kier alpha value is -1.28. The molecule has 0 unspecified atom stereocenters. The van der Waals surface area contributed by atoms with E-state index in [4.69, 9.17) is 0 Å². The van der Waals surface area contributed by atoms with Gasteiger partial charge in [0.05, 0.1) is 5.75 Å². The van der Waals surface area contributed by atoms with Gasteiger partial charge < -0.3 is 4.90 Å². The maximum atomic E-state index is 13.4. The van der Waals surface area contributed by atoms with Gasteiger partial charge in [0, 0.05) is 24.5 Å². The van der Waals surface area contributed by atoms with E-state index in [0.717, 1.165) is 18.0 Å². The van der Waals surface area contributed by atoms with Gasteiger partial charge in [0.2, 0.25) is 10.0 Å². The molecule has 0 aliphatic carbocycles. The number of rotatable bonds is 10. The van der Waals surface area contributed by atoms with Crippen LogP contribution in [0.1, 0.15) is 24.3 Å². The minimum atomic E-state index is -3.53. The summed E-state index contributed by atoms with van der Waals surface area (Å²) in [7, 11) is -3.53. The summed E-state index contributed by atoms with van der Waals surface area (Å²) in [5.74, 6) is -0.602. The number of benzene rings is 1. The third-order valence-electron chi connectivity index (χ3n) is 4.10. The molecule has 0 saturated heterocycles. The topological polar surface area (TPSA) is 40.6 Å². The van der Waals surface area contributed by atoms with Crippen molar-refractivity contribution in [1.82, 2.24) is 9.21 Å². The van der Waals surface area contributed by atoms with Crippen molar-refractivity contribution >= 4 is 21.4 Å². The van der Waals surface area contributed by atoms with Crippen LogP contribution < -0.4 is 0 Å². The molecule has 2 rings (SSSR count). The molecule has 0 saturated carbocycles. The molecule has 0 radical (unpaired) electrons. The summed E-state index contributed by atoms with van der Waals surface area (Å²) >= 11 is 1.54. The highest BCUT2D eigenvalue weighted by Gasteiger charge is 2.23. The van der Waals surface area contributed by atoms with Crippen LogP contribution in [0.2, 0.25) is 0 Å². The molecule has 0 N–H and O–H groups in total. The number of sulfonamides is 1. The molecule has 1 heterocycles. The molecule has 138 valence electrons. The summed E-state index contributed by atoms with van der Waals surface area (Å²) < 4.78 is 40.7. The Morgan fingerprint density at radius 1 is 1.08 bits per heavy atom. The molecular weight excluding hydrogens is 359 g/mol. The molecule has 1 aromatic heterocycles. The Kier molecular flexibility index (Phi) is 7.56. The highest BCUT2D eigenvalue weighted by Crippen LogP contribution is 2.18. The van der Waals surface area contributed by atoms with Gasteiger partial charge in [-0.3, -0.25) is 0 Å². The highest BCUT2D eigenvalue weighted by atomic mass is 32.2. The molecule has 0 spiro atoms. The Morgan fingerprint density at radius 3 is 2.44 bits per heavy atom. The van der Waals surface area contributed by atoms with Crippen molar-refractivity contribution in [2.45, 2.75) is 26.1 Å². The van der Waals surface area contributed by atoms with Crippen LogP contribution in [-0.2, 0) is 22.3 Å². The van der Waals surface area contributed by atoms with Crippen molar-refractivity contribution in [3.63, 3.8) is 0 Å². The third-order valence-corrected chi connectivity index (χ3v) is 6.76. The van der Waals surface area contributed by atoms with E-state index in [-0.39, 0.29) is 5.75 Å². The number of hydrogen-bond donors (Lipinski definition) is 0. The van der Waals surface area contributed by atoms with Crippen molar-refractivity contribution < 1.29 is 12.8 Å². The molecule has 1 aromatic carbocycles. The highest BCUT2D eigenvalue weighted by molar-refractivity contribution is 7.88. The van der Waals surface area contributed by atoms with Gasteiger partial charge in [0.1, 0.15) is 5.82 Å². The first-order chi connectivity index (χ1) is 11.9. The van der Waals surface area contributed by atoms with E-state index >= 15 is 0 Å². The maximum absolute atomic E-state index is 13.4. The fourth-order valence-corrected chi connectivity index (χ4v) is 4.89. The van der Waals surface area contributed by atoms with E-state index in [1.165, 1.54) is 16.4 Å². The normalized spacial score (nSPS) is 12.2. The van der Waals surface area contributed by atoms with Gasteiger partial charge in [0.25, 0.3) is 0 Å². The second kappa shape index (κ2) is 9.43. The summed E-state index contributed by atoms with van der Waals surface area (Å²) in [5.41, 5.74) is 0.471. The lowest BCUT2D eigenvalue weighted by atomic mass is 10.2. The zero-order chi connectivity index (χ0) is 18.3. The Balaban J connectivity index is 2.16. The molecule has 7 heteroatoms. The molecule has 25 heavy (non-hydrogen) atoms. The number of halogens is 1. The first-order valence-electron chi connectivity index (χ1n) is 8.41. The smallest absolute Gasteiger partial charge is 0.218 e. The zero-order valence-corrected chi connectivity index (χ0v) is 16.3. The summed E-state index contributed by atoms with van der Waals surface area (Å²) in [6.45, 7) is 7.36. The van der Waals surface area contributed by atoms with Gasteiger partial charge in [-0.2, -0.15) is 4.31 Å². The Morgan fingerprint density at radius 2 is 1.84 bits per heavy atom. The molecule has 4 nitrogen and oxygen atoms in total. The van der Waals surface area contributed by atoms with E-state index < -0.39 is 15.8 Å². The molecule has 0 fully saturated rings. The van der Waals surface area contributed by atoms with Crippen molar-refractivity contribution in [3.8, 4) is 0 Å². The van der Waals surface area contributed by atoms with Gasteiger partial charge in [0.15, 0.2) is 0 Å². The van der Waals surface area contributed by atoms with Gasteiger partial charge in [-0.15, -0.1) is 11.3 Å². The first kappa shape index (κ1) is 20.0. The van der Waals surface area contributed by atoms with Crippen LogP contribution in [0.4, 0.5) is 4.39 Å². The van der Waals surface area contributed by atoms with Gasteiger partial charge in [-0.25, -0.2) is 12.8 Å². The van der Waals surface area contributed by atoms with Crippen LogP contribution >= 0.6 is 11.3 Å². The lowest BCUT2D eigenvalue weighted by molar-refractivity contribution is 0.269. The monoisotopic (exact) mass is 384 g/mol. The van der Waals surface area contributed by atoms with Crippen LogP contribution in [0.15, 0.2) is 41.8 Å². The van der Waals surface area contributed by atoms with Gasteiger partial charge >= 0.3 is 0 Å². The lowest BCUT2D eigenvalue weighted by Gasteiger charge is -2.25. The summed E-state index contributed by atoms with van der Waals surface area (Å²) in [5, 5.41) is 1.94. The fourth-order valence-electron chi connectivity index (χ4n) is 2.61. The third kappa shape index (κ3) is 6.18. The first-order valence-corrected chi connectivity index (χ1v) is 10.9. The van der Waals surface area contributed by atoms with Crippen molar-refractivity contribution in [3.05, 3.63) is 58.0 Å². The average molecular weight is 385 g/mol. The summed E-state index contributed by atoms with van der Waals surface area (Å²) in [6, 6.07) is 9.65. The second-order valence-electron chi connectivity index (χ2n) is 5.83. The van der Waals surface area contributed by atoms with Crippen LogP contribution in [0, 0.1) is 5.82 Å². The fraction of sp³-hybridized carbons (Fsp3) is 0.444. The van der Waals surface area contributed by atoms with Crippen LogP contribution in [0.3, 0.4) is 0 Å². The van der Waals surface area contributed by atoms with Crippen molar-refractivity contribution in [2.75, 3.05) is 26.2 Å². The molecule has 0 amide bonds. The number of nitrogens with zero attached hydrogens (tertiary/aromatic N) is 2.